The van der Waals surface area contributed by atoms with Crippen LogP contribution < -0.4 is 10.4 Å². The van der Waals surface area contributed by atoms with Gasteiger partial charge in [0.25, 0.3) is 0 Å². The fourth-order valence-corrected chi connectivity index (χ4v) is 11.6. The highest BCUT2D eigenvalue weighted by molar-refractivity contribution is 7.08. The molecule has 1 aromatic heterocycles. The van der Waals surface area contributed by atoms with Gasteiger partial charge in [0.15, 0.2) is 4.98 Å². The van der Waals surface area contributed by atoms with Gasteiger partial charge in [-0.25, -0.2) is 0 Å². The molecule has 0 fully saturated rings. The Balaban J connectivity index is 1.10. The minimum Gasteiger partial charge on any atom is -0.706 e. The van der Waals surface area contributed by atoms with Crippen LogP contribution in [-0.4, -0.2) is 0 Å². The molecule has 0 aliphatic rings. The highest BCUT2D eigenvalue weighted by Gasteiger charge is 2.27. The molecule has 0 N–H and O–H groups in total. The maximum Gasteiger partial charge on any atom is 0.401 e. The molecular formula is C62H44N4S. The van der Waals surface area contributed by atoms with Crippen LogP contribution in [0.1, 0.15) is 33.4 Å². The molecule has 0 bridgehead atoms. The number of fused-ring (bicyclic) bond motifs is 4. The lowest BCUT2D eigenvalue weighted by Crippen LogP contribution is -2.15. The molecule has 318 valence electrons. The number of hydrogen-bond acceptors (Lipinski definition) is 3. The first kappa shape index (κ1) is 41.4. The van der Waals surface area contributed by atoms with E-state index in [4.69, 9.17) is 0 Å². The number of thiophene rings is 1. The van der Waals surface area contributed by atoms with Gasteiger partial charge in [0, 0.05) is 19.8 Å². The topological polar surface area (TPSA) is 62.8 Å². The Kier molecular flexibility index (Phi) is 10.5. The molecule has 4 nitrogen and oxygen atoms in total. The van der Waals surface area contributed by atoms with E-state index < -0.39 is 0 Å². The summed E-state index contributed by atoms with van der Waals surface area (Å²) in [6.07, 6.45) is 0. The number of aryl methyl sites for hydroxylation is 4. The molecule has 10 aromatic carbocycles. The maximum atomic E-state index is 11.0. The second-order valence-electron chi connectivity index (χ2n) is 17.4. The summed E-state index contributed by atoms with van der Waals surface area (Å²) in [7, 11) is 0. The normalized spacial score (nSPS) is 11.3. The van der Waals surface area contributed by atoms with Gasteiger partial charge in [0.2, 0.25) is 5.39 Å². The van der Waals surface area contributed by atoms with Gasteiger partial charge in [-0.2, -0.15) is 0 Å². The minimum absolute atomic E-state index is 0.561. The van der Waals surface area contributed by atoms with E-state index in [9.17, 15) is 10.9 Å². The van der Waals surface area contributed by atoms with Crippen molar-refractivity contribution < 1.29 is 0 Å². The van der Waals surface area contributed by atoms with Gasteiger partial charge < -0.3 is 10.6 Å². The molecule has 1 heterocycles. The highest BCUT2D eigenvalue weighted by atomic mass is 32.1. The van der Waals surface area contributed by atoms with Gasteiger partial charge in [-0.15, -0.1) is 11.3 Å². The fourth-order valence-electron chi connectivity index (χ4n) is 10.7. The van der Waals surface area contributed by atoms with Gasteiger partial charge in [-0.3, -0.25) is 0 Å². The number of diazo groups is 1. The first-order chi connectivity index (χ1) is 32.8. The van der Waals surface area contributed by atoms with E-state index in [0.29, 0.717) is 11.4 Å². The SMILES string of the molecule is Cc1cc(=c2ccc(=c3cc(C)c(=C([N+]#N)c4c5ccccc5c(-c5ccccc5)c5ccccc45)c(C)c3)s2)cc(C)c1=C(N=[N-])c1c2ccccc2c(-c2ccccc2)c2ccccc12. The van der Waals surface area contributed by atoms with Crippen LogP contribution in [-0.2, 0) is 0 Å². The smallest absolute Gasteiger partial charge is 0.401 e. The molecule has 0 saturated heterocycles. The molecule has 0 aliphatic carbocycles. The zero-order valence-corrected chi connectivity index (χ0v) is 38.5. The second kappa shape index (κ2) is 16.9. The largest absolute Gasteiger partial charge is 0.706 e. The summed E-state index contributed by atoms with van der Waals surface area (Å²) in [6.45, 7) is 8.45. The van der Waals surface area contributed by atoms with Crippen molar-refractivity contribution in [3.63, 3.8) is 0 Å². The van der Waals surface area contributed by atoms with E-state index in [0.717, 1.165) is 118 Å². The van der Waals surface area contributed by atoms with Gasteiger partial charge in [0.05, 0.1) is 16.5 Å². The number of benzene rings is 10. The quantitative estimate of drug-likeness (QED) is 0.0965. The highest BCUT2D eigenvalue weighted by Crippen LogP contribution is 2.43. The van der Waals surface area contributed by atoms with E-state index in [-0.39, 0.29) is 0 Å². The van der Waals surface area contributed by atoms with Crippen molar-refractivity contribution in [3.8, 4) is 22.3 Å². The third-order valence-corrected chi connectivity index (χ3v) is 14.6. The Bertz CT molecular complexity index is 4050. The molecule has 11 rings (SSSR count). The van der Waals surface area contributed by atoms with E-state index in [1.165, 1.54) is 11.1 Å². The molecule has 0 radical (unpaired) electrons. The Morgan fingerprint density at radius 2 is 0.746 bits per heavy atom. The number of rotatable bonds is 5. The monoisotopic (exact) mass is 876 g/mol. The van der Waals surface area contributed by atoms with Crippen molar-refractivity contribution in [3.05, 3.63) is 268 Å². The minimum atomic E-state index is 0.561. The van der Waals surface area contributed by atoms with Crippen LogP contribution in [0.15, 0.2) is 199 Å². The Hall–Kier alpha value is -8.30. The molecule has 0 atom stereocenters. The van der Waals surface area contributed by atoms with Crippen LogP contribution in [0.2, 0.25) is 0 Å². The van der Waals surface area contributed by atoms with E-state index >= 15 is 0 Å². The molecular weight excluding hydrogens is 833 g/mol. The lowest BCUT2D eigenvalue weighted by Gasteiger charge is -2.19. The number of hydrogen-bond donors (Lipinski definition) is 0. The van der Waals surface area contributed by atoms with Crippen molar-refractivity contribution in [2.75, 3.05) is 0 Å². The molecule has 67 heavy (non-hydrogen) atoms. The first-order valence-electron chi connectivity index (χ1n) is 22.6. The van der Waals surface area contributed by atoms with E-state index in [1.807, 2.05) is 12.1 Å². The van der Waals surface area contributed by atoms with E-state index in [1.54, 1.807) is 11.3 Å². The third-order valence-electron chi connectivity index (χ3n) is 13.4. The lowest BCUT2D eigenvalue weighted by molar-refractivity contribution is 1.27. The van der Waals surface area contributed by atoms with Crippen LogP contribution in [0.5, 0.6) is 0 Å². The Morgan fingerprint density at radius 1 is 0.418 bits per heavy atom. The molecule has 0 saturated carbocycles. The summed E-state index contributed by atoms with van der Waals surface area (Å²) in [5.74, 6) is 0. The molecule has 5 heteroatoms. The predicted molar refractivity (Wildman–Crippen MR) is 280 cm³/mol. The predicted octanol–water partition coefficient (Wildman–Crippen LogP) is 15.7. The molecule has 0 unspecified atom stereocenters. The van der Waals surface area contributed by atoms with Gasteiger partial charge in [-0.05, 0) is 162 Å². The van der Waals surface area contributed by atoms with Crippen LogP contribution >= 0.6 is 11.3 Å². The first-order valence-corrected chi connectivity index (χ1v) is 23.4. The lowest BCUT2D eigenvalue weighted by atomic mass is 9.86. The molecule has 0 spiro atoms. The second-order valence-corrected chi connectivity index (χ2v) is 18.5. The fraction of sp³-hybridized carbons (Fsp3) is 0.0645. The van der Waals surface area contributed by atoms with Crippen LogP contribution in [0, 0.1) is 52.6 Å². The standard InChI is InChI=1S/C62H44N4S/c1-37-33-43(34-38(2)55(37)61(65-63)59-49-27-15-11-23-45(49)57(41-19-7-5-8-20-41)46-24-12-16-28-50(46)59)53-31-32-54(67-53)44-35-39(3)56(40(4)36-44)62(66-64)60-51-29-17-13-25-47(51)58(42-21-9-6-10-22-42)48-26-14-18-30-52(48)60/h5-36H,1-4H3. The van der Waals surface area contributed by atoms with Crippen molar-refractivity contribution in [2.24, 2.45) is 5.11 Å². The summed E-state index contributed by atoms with van der Waals surface area (Å²) in [4.78, 5) is 4.10. The zero-order chi connectivity index (χ0) is 45.8. The summed E-state index contributed by atoms with van der Waals surface area (Å²) in [5.41, 5.74) is 22.7. The zero-order valence-electron chi connectivity index (χ0n) is 37.7. The number of nitrogens with zero attached hydrogens (tertiary/aromatic N) is 4. The summed E-state index contributed by atoms with van der Waals surface area (Å²) in [6, 6.07) is 68.1. The van der Waals surface area contributed by atoms with Gasteiger partial charge in [0.1, 0.15) is 0 Å². The Morgan fingerprint density at radius 3 is 1.10 bits per heavy atom. The average Bonchev–Trinajstić information content (AvgIpc) is 3.86. The molecule has 0 aliphatic heterocycles. The Labute approximate surface area is 392 Å². The van der Waals surface area contributed by atoms with Crippen molar-refractivity contribution >= 4 is 65.8 Å². The molecule has 0 amide bonds. The van der Waals surface area contributed by atoms with Crippen molar-refractivity contribution in [2.45, 2.75) is 27.7 Å². The summed E-state index contributed by atoms with van der Waals surface area (Å²) >= 11 is 1.75. The van der Waals surface area contributed by atoms with E-state index in [2.05, 4.69) is 220 Å². The average molecular weight is 877 g/mol. The van der Waals surface area contributed by atoms with Crippen LogP contribution in [0.4, 0.5) is 0 Å². The summed E-state index contributed by atoms with van der Waals surface area (Å²) in [5, 5.41) is 27.8. The maximum absolute atomic E-state index is 11.0. The van der Waals surface area contributed by atoms with Crippen molar-refractivity contribution in [1.82, 2.24) is 0 Å². The summed E-state index contributed by atoms with van der Waals surface area (Å²) < 4.78 is 2.29. The third kappa shape index (κ3) is 6.93. The van der Waals surface area contributed by atoms with Crippen LogP contribution in [0.3, 0.4) is 0 Å². The van der Waals surface area contributed by atoms with Gasteiger partial charge in [-0.1, -0.05) is 158 Å². The van der Waals surface area contributed by atoms with Crippen molar-refractivity contribution in [1.29, 1.82) is 5.39 Å². The van der Waals surface area contributed by atoms with Gasteiger partial charge >= 0.3 is 5.70 Å². The van der Waals surface area contributed by atoms with Crippen LogP contribution in [0.25, 0.3) is 87.2 Å². The molecule has 11 aromatic rings.